The second kappa shape index (κ2) is 11.4. The van der Waals surface area contributed by atoms with Gasteiger partial charge >= 0.3 is 0 Å². The molecular formula is C28H27N3O3S. The third kappa shape index (κ3) is 5.94. The number of nitrogens with zero attached hydrogens (tertiary/aromatic N) is 2. The Hall–Kier alpha value is -3.97. The number of methoxy groups -OCH3 is 1. The highest BCUT2D eigenvalue weighted by atomic mass is 32.1. The first kappa shape index (κ1) is 24.2. The maximum atomic E-state index is 13.8. The molecule has 2 heterocycles. The van der Waals surface area contributed by atoms with Crippen LogP contribution < -0.4 is 15.0 Å². The molecule has 178 valence electrons. The number of anilines is 1. The average Bonchev–Trinajstić information content (AvgIpc) is 3.40. The Balaban J connectivity index is 1.69. The molecule has 0 aliphatic heterocycles. The highest BCUT2D eigenvalue weighted by Gasteiger charge is 2.33. The van der Waals surface area contributed by atoms with E-state index in [0.29, 0.717) is 12.2 Å². The molecule has 0 aliphatic carbocycles. The van der Waals surface area contributed by atoms with Crippen LogP contribution in [-0.4, -0.2) is 23.9 Å². The highest BCUT2D eigenvalue weighted by Crippen LogP contribution is 2.30. The summed E-state index contributed by atoms with van der Waals surface area (Å²) in [4.78, 5) is 34.2. The lowest BCUT2D eigenvalue weighted by molar-refractivity contribution is -0.126. The van der Waals surface area contributed by atoms with Crippen molar-refractivity contribution in [2.45, 2.75) is 25.9 Å². The van der Waals surface area contributed by atoms with Gasteiger partial charge in [0.15, 0.2) is 0 Å². The van der Waals surface area contributed by atoms with E-state index in [9.17, 15) is 9.59 Å². The largest absolute Gasteiger partial charge is 0.497 e. The lowest BCUT2D eigenvalue weighted by atomic mass is 9.98. The molecule has 4 rings (SSSR count). The number of nitrogens with one attached hydrogen (secondary N) is 1. The van der Waals surface area contributed by atoms with Gasteiger partial charge < -0.3 is 10.1 Å². The minimum atomic E-state index is -0.855. The smallest absolute Gasteiger partial charge is 0.248 e. The van der Waals surface area contributed by atoms with Crippen LogP contribution in [0.3, 0.4) is 0 Å². The van der Waals surface area contributed by atoms with Gasteiger partial charge in [-0.15, -0.1) is 11.3 Å². The third-order valence-corrected chi connectivity index (χ3v) is 6.59. The van der Waals surface area contributed by atoms with Gasteiger partial charge in [-0.1, -0.05) is 42.5 Å². The van der Waals surface area contributed by atoms with Crippen molar-refractivity contribution in [3.63, 3.8) is 0 Å². The Labute approximate surface area is 209 Å². The van der Waals surface area contributed by atoms with E-state index in [4.69, 9.17) is 4.74 Å². The number of amides is 2. The standard InChI is InChI=1S/C28H27N3O3S/c1-20-7-3-4-10-25(20)27(28(33)30-18-21-11-13-23(34-2)14-12-21)31(22-8-5-15-29-19-22)26(32)17-24-9-6-16-35-24/h3-16,19,27H,17-18H2,1-2H3,(H,30,33). The molecular weight excluding hydrogens is 458 g/mol. The zero-order valence-corrected chi connectivity index (χ0v) is 20.5. The van der Waals surface area contributed by atoms with Crippen molar-refractivity contribution < 1.29 is 14.3 Å². The summed E-state index contributed by atoms with van der Waals surface area (Å²) in [5, 5.41) is 4.98. The second-order valence-electron chi connectivity index (χ2n) is 8.06. The Bertz CT molecular complexity index is 1260. The molecule has 0 radical (unpaired) electrons. The summed E-state index contributed by atoms with van der Waals surface area (Å²) < 4.78 is 5.22. The van der Waals surface area contributed by atoms with Gasteiger partial charge in [0.25, 0.3) is 0 Å². The molecule has 1 unspecified atom stereocenters. The van der Waals surface area contributed by atoms with Crippen LogP contribution in [0, 0.1) is 6.92 Å². The van der Waals surface area contributed by atoms with Gasteiger partial charge in [-0.2, -0.15) is 0 Å². The van der Waals surface area contributed by atoms with Crippen molar-refractivity contribution >= 4 is 28.8 Å². The minimum absolute atomic E-state index is 0.173. The van der Waals surface area contributed by atoms with Gasteiger partial charge in [0, 0.05) is 17.6 Å². The maximum absolute atomic E-state index is 13.8. The molecule has 2 aromatic heterocycles. The number of benzene rings is 2. The van der Waals surface area contributed by atoms with E-state index in [1.807, 2.05) is 73.0 Å². The molecule has 0 fully saturated rings. The molecule has 0 saturated carbocycles. The van der Waals surface area contributed by atoms with Crippen LogP contribution in [0.1, 0.15) is 27.6 Å². The van der Waals surface area contributed by atoms with Crippen LogP contribution in [0.15, 0.2) is 90.6 Å². The maximum Gasteiger partial charge on any atom is 0.248 e. The third-order valence-electron chi connectivity index (χ3n) is 5.71. The van der Waals surface area contributed by atoms with Gasteiger partial charge in [0.1, 0.15) is 11.8 Å². The lowest BCUT2D eigenvalue weighted by Gasteiger charge is -2.32. The van der Waals surface area contributed by atoms with Gasteiger partial charge in [-0.05, 0) is 59.3 Å². The predicted molar refractivity (Wildman–Crippen MR) is 139 cm³/mol. The van der Waals surface area contributed by atoms with E-state index in [1.54, 1.807) is 36.5 Å². The lowest BCUT2D eigenvalue weighted by Crippen LogP contribution is -2.44. The normalized spacial score (nSPS) is 11.5. The Morgan fingerprint density at radius 1 is 1.03 bits per heavy atom. The molecule has 6 nitrogen and oxygen atoms in total. The molecule has 0 bridgehead atoms. The number of ether oxygens (including phenoxy) is 1. The van der Waals surface area contributed by atoms with Crippen LogP contribution in [0.4, 0.5) is 5.69 Å². The molecule has 35 heavy (non-hydrogen) atoms. The van der Waals surface area contributed by atoms with Gasteiger partial charge in [-0.3, -0.25) is 19.5 Å². The van der Waals surface area contributed by atoms with E-state index in [0.717, 1.165) is 27.3 Å². The van der Waals surface area contributed by atoms with Gasteiger partial charge in [0.2, 0.25) is 11.8 Å². The first-order chi connectivity index (χ1) is 17.1. The summed E-state index contributed by atoms with van der Waals surface area (Å²) in [6.45, 7) is 2.27. The van der Waals surface area contributed by atoms with Crippen molar-refractivity contribution in [1.82, 2.24) is 10.3 Å². The number of pyridine rings is 1. The number of aromatic nitrogens is 1. The van der Waals surface area contributed by atoms with E-state index < -0.39 is 6.04 Å². The minimum Gasteiger partial charge on any atom is -0.497 e. The van der Waals surface area contributed by atoms with E-state index in [1.165, 1.54) is 11.3 Å². The zero-order chi connectivity index (χ0) is 24.6. The number of thiophene rings is 1. The highest BCUT2D eigenvalue weighted by molar-refractivity contribution is 7.10. The molecule has 1 N–H and O–H groups in total. The summed E-state index contributed by atoms with van der Waals surface area (Å²) in [6.07, 6.45) is 3.47. The number of rotatable bonds is 9. The summed E-state index contributed by atoms with van der Waals surface area (Å²) in [5.41, 5.74) is 3.19. The first-order valence-electron chi connectivity index (χ1n) is 11.3. The molecule has 0 saturated heterocycles. The van der Waals surface area contributed by atoms with Crippen LogP contribution in [-0.2, 0) is 22.6 Å². The Morgan fingerprint density at radius 3 is 2.49 bits per heavy atom. The van der Waals surface area contributed by atoms with Crippen molar-refractivity contribution in [3.05, 3.63) is 112 Å². The molecule has 0 aliphatic rings. The summed E-state index contributed by atoms with van der Waals surface area (Å²) in [7, 11) is 1.61. The zero-order valence-electron chi connectivity index (χ0n) is 19.7. The molecule has 1 atom stereocenters. The van der Waals surface area contributed by atoms with Crippen LogP contribution in [0.5, 0.6) is 5.75 Å². The van der Waals surface area contributed by atoms with Gasteiger partial charge in [-0.25, -0.2) is 0 Å². The summed E-state index contributed by atoms with van der Waals surface area (Å²) >= 11 is 1.52. The monoisotopic (exact) mass is 485 g/mol. The second-order valence-corrected chi connectivity index (χ2v) is 9.09. The number of hydrogen-bond acceptors (Lipinski definition) is 5. The van der Waals surface area contributed by atoms with Crippen LogP contribution in [0.25, 0.3) is 0 Å². The summed E-state index contributed by atoms with van der Waals surface area (Å²) in [5.74, 6) is 0.312. The van der Waals surface area contributed by atoms with Gasteiger partial charge in [0.05, 0.1) is 25.4 Å². The van der Waals surface area contributed by atoms with E-state index >= 15 is 0 Å². The number of hydrogen-bond donors (Lipinski definition) is 1. The molecule has 0 spiro atoms. The van der Waals surface area contributed by atoms with Crippen LogP contribution in [0.2, 0.25) is 0 Å². The molecule has 2 aromatic carbocycles. The van der Waals surface area contributed by atoms with Crippen molar-refractivity contribution in [3.8, 4) is 5.75 Å². The summed E-state index contributed by atoms with van der Waals surface area (Å²) in [6, 6.07) is 21.7. The van der Waals surface area contributed by atoms with Crippen molar-refractivity contribution in [2.24, 2.45) is 0 Å². The fourth-order valence-corrected chi connectivity index (χ4v) is 4.60. The van der Waals surface area contributed by atoms with Crippen LogP contribution >= 0.6 is 11.3 Å². The van der Waals surface area contributed by atoms with E-state index in [-0.39, 0.29) is 18.2 Å². The Kier molecular flexibility index (Phi) is 7.90. The Morgan fingerprint density at radius 2 is 1.83 bits per heavy atom. The molecule has 2 amide bonds. The number of aryl methyl sites for hydroxylation is 1. The van der Waals surface area contributed by atoms with Crippen molar-refractivity contribution in [2.75, 3.05) is 12.0 Å². The van der Waals surface area contributed by atoms with Crippen molar-refractivity contribution in [1.29, 1.82) is 0 Å². The number of carbonyl (C=O) groups excluding carboxylic acids is 2. The SMILES string of the molecule is COc1ccc(CNC(=O)C(c2ccccc2C)N(C(=O)Cc2cccs2)c2cccnc2)cc1. The average molecular weight is 486 g/mol. The molecule has 4 aromatic rings. The fourth-order valence-electron chi connectivity index (χ4n) is 3.90. The first-order valence-corrected chi connectivity index (χ1v) is 12.2. The quantitative estimate of drug-likeness (QED) is 0.358. The molecule has 7 heteroatoms. The fraction of sp³-hybridized carbons (Fsp3) is 0.179. The topological polar surface area (TPSA) is 71.5 Å². The number of carbonyl (C=O) groups is 2. The van der Waals surface area contributed by atoms with E-state index in [2.05, 4.69) is 10.3 Å². The predicted octanol–water partition coefficient (Wildman–Crippen LogP) is 5.09.